The molecule has 1 amide bonds. The van der Waals surface area contributed by atoms with Crippen LogP contribution in [0.4, 0.5) is 28.8 Å². The topological polar surface area (TPSA) is 138 Å². The maximum Gasteiger partial charge on any atom is 0.241 e. The molecule has 5 N–H and O–H groups in total. The summed E-state index contributed by atoms with van der Waals surface area (Å²) in [7, 11) is 1.94. The molecule has 230 valence electrons. The number of rotatable bonds is 11. The number of halogens is 2. The second-order valence-electron chi connectivity index (χ2n) is 10.8. The highest BCUT2D eigenvalue weighted by molar-refractivity contribution is 6.36. The van der Waals surface area contributed by atoms with Gasteiger partial charge in [-0.25, -0.2) is 9.97 Å². The standard InChI is InChI=1S/C29H37Cl2N9O3/c1-36-14-17-39(27(41)19-36)23-7-9-26(35-28(23)21-5-4-20(30)18-22(21)31)38(16-15-37-11-2-3-12-37)13-10-33-25-8-6-24(40(42)43)29(32)34-25/h4-9,18,42-43H,2-3,10-17,19H2,1H3,(H3,32,33,34). The molecule has 0 aliphatic carbocycles. The second kappa shape index (κ2) is 13.9. The summed E-state index contributed by atoms with van der Waals surface area (Å²) in [5.74, 6) is 1.26. The largest absolute Gasteiger partial charge is 0.382 e. The van der Waals surface area contributed by atoms with Crippen LogP contribution >= 0.6 is 23.2 Å². The zero-order valence-corrected chi connectivity index (χ0v) is 25.6. The number of hydrogen-bond donors (Lipinski definition) is 4. The van der Waals surface area contributed by atoms with E-state index < -0.39 is 0 Å². The van der Waals surface area contributed by atoms with E-state index >= 15 is 0 Å². The third-order valence-electron chi connectivity index (χ3n) is 7.76. The van der Waals surface area contributed by atoms with Crippen molar-refractivity contribution in [3.8, 4) is 11.3 Å². The maximum absolute atomic E-state index is 13.1. The van der Waals surface area contributed by atoms with Crippen LogP contribution in [0, 0.1) is 0 Å². The fourth-order valence-corrected chi connectivity index (χ4v) is 5.92. The number of nitrogen functional groups attached to an aromatic ring is 1. The van der Waals surface area contributed by atoms with E-state index in [4.69, 9.17) is 33.9 Å². The zero-order valence-electron chi connectivity index (χ0n) is 24.1. The maximum atomic E-state index is 13.1. The van der Waals surface area contributed by atoms with Crippen molar-refractivity contribution in [2.24, 2.45) is 0 Å². The number of hydrogen-bond acceptors (Lipinski definition) is 11. The summed E-state index contributed by atoms with van der Waals surface area (Å²) in [4.78, 5) is 30.9. The Morgan fingerprint density at radius 3 is 2.49 bits per heavy atom. The molecule has 12 nitrogen and oxygen atoms in total. The van der Waals surface area contributed by atoms with Crippen LogP contribution in [0.5, 0.6) is 0 Å². The van der Waals surface area contributed by atoms with E-state index in [1.807, 2.05) is 30.1 Å². The summed E-state index contributed by atoms with van der Waals surface area (Å²) in [6, 6.07) is 12.3. The predicted octanol–water partition coefficient (Wildman–Crippen LogP) is 3.91. The Labute approximate surface area is 261 Å². The highest BCUT2D eigenvalue weighted by Crippen LogP contribution is 2.37. The quantitative estimate of drug-likeness (QED) is 0.230. The molecule has 0 atom stereocenters. The van der Waals surface area contributed by atoms with Gasteiger partial charge in [-0.2, -0.15) is 0 Å². The van der Waals surface area contributed by atoms with Gasteiger partial charge in [0, 0.05) is 49.9 Å². The third-order valence-corrected chi connectivity index (χ3v) is 8.31. The van der Waals surface area contributed by atoms with Gasteiger partial charge >= 0.3 is 0 Å². The molecular formula is C29H37Cl2N9O3. The fourth-order valence-electron chi connectivity index (χ4n) is 5.42. The van der Waals surface area contributed by atoms with Crippen LogP contribution in [0.25, 0.3) is 11.3 Å². The van der Waals surface area contributed by atoms with Crippen molar-refractivity contribution in [2.45, 2.75) is 12.8 Å². The molecule has 0 spiro atoms. The number of amides is 1. The number of nitrogens with two attached hydrogens (primary N) is 1. The average Bonchev–Trinajstić information content (AvgIpc) is 3.49. The predicted molar refractivity (Wildman–Crippen MR) is 171 cm³/mol. The van der Waals surface area contributed by atoms with Crippen LogP contribution in [0.3, 0.4) is 0 Å². The van der Waals surface area contributed by atoms with Gasteiger partial charge < -0.3 is 25.8 Å². The molecule has 0 bridgehead atoms. The lowest BCUT2D eigenvalue weighted by molar-refractivity contribution is -0.120. The molecule has 2 fully saturated rings. The van der Waals surface area contributed by atoms with Crippen molar-refractivity contribution in [3.05, 3.63) is 52.5 Å². The molecule has 3 aromatic rings. The van der Waals surface area contributed by atoms with Crippen LogP contribution in [-0.4, -0.2) is 102 Å². The van der Waals surface area contributed by atoms with Gasteiger partial charge in [-0.15, -0.1) is 5.23 Å². The second-order valence-corrected chi connectivity index (χ2v) is 11.6. The van der Waals surface area contributed by atoms with Crippen LogP contribution in [0.2, 0.25) is 10.0 Å². The molecule has 0 unspecified atom stereocenters. The molecule has 5 rings (SSSR count). The summed E-state index contributed by atoms with van der Waals surface area (Å²) >= 11 is 12.9. The number of anilines is 5. The fraction of sp³-hybridized carbons (Fsp3) is 0.414. The first-order valence-electron chi connectivity index (χ1n) is 14.3. The summed E-state index contributed by atoms with van der Waals surface area (Å²) in [6.45, 7) is 6.54. The van der Waals surface area contributed by atoms with Crippen molar-refractivity contribution < 1.29 is 15.2 Å². The molecular weight excluding hydrogens is 593 g/mol. The van der Waals surface area contributed by atoms with Crippen molar-refractivity contribution in [2.75, 3.05) is 92.0 Å². The third kappa shape index (κ3) is 7.58. The van der Waals surface area contributed by atoms with Gasteiger partial charge in [-0.05, 0) is 75.4 Å². The highest BCUT2D eigenvalue weighted by atomic mass is 35.5. The van der Waals surface area contributed by atoms with E-state index in [0.717, 1.165) is 38.5 Å². The Bertz CT molecular complexity index is 1440. The number of carbonyl (C=O) groups excluding carboxylic acids is 1. The highest BCUT2D eigenvalue weighted by Gasteiger charge is 2.27. The van der Waals surface area contributed by atoms with Gasteiger partial charge in [-0.1, -0.05) is 23.2 Å². The molecule has 1 aromatic carbocycles. The van der Waals surface area contributed by atoms with Crippen molar-refractivity contribution in [3.63, 3.8) is 0 Å². The lowest BCUT2D eigenvalue weighted by Crippen LogP contribution is -2.49. The molecule has 14 heteroatoms. The van der Waals surface area contributed by atoms with Gasteiger partial charge in [0.25, 0.3) is 0 Å². The van der Waals surface area contributed by atoms with Crippen LogP contribution in [0.15, 0.2) is 42.5 Å². The SMILES string of the molecule is CN1CCN(c2ccc(N(CCNc3ccc(N(O)O)c(N)n3)CCN3CCCC3)nc2-c2ccc(Cl)cc2Cl)C(=O)C1. The normalized spacial score (nSPS) is 16.1. The molecule has 0 saturated carbocycles. The van der Waals surface area contributed by atoms with Crippen LogP contribution in [-0.2, 0) is 4.79 Å². The molecule has 2 saturated heterocycles. The molecule has 2 aromatic heterocycles. The van der Waals surface area contributed by atoms with Crippen LogP contribution in [0.1, 0.15) is 12.8 Å². The van der Waals surface area contributed by atoms with Crippen molar-refractivity contribution in [1.82, 2.24) is 19.8 Å². The van der Waals surface area contributed by atoms with E-state index in [9.17, 15) is 15.2 Å². The molecule has 2 aliphatic heterocycles. The first kappa shape index (κ1) is 31.0. The van der Waals surface area contributed by atoms with Crippen LogP contribution < -0.4 is 26.1 Å². The summed E-state index contributed by atoms with van der Waals surface area (Å²) in [6.07, 6.45) is 2.41. The molecule has 0 radical (unpaired) electrons. The van der Waals surface area contributed by atoms with Gasteiger partial charge in [-0.3, -0.25) is 20.1 Å². The first-order chi connectivity index (χ1) is 20.7. The Morgan fingerprint density at radius 2 is 1.79 bits per heavy atom. The lowest BCUT2D eigenvalue weighted by Gasteiger charge is -2.34. The number of likely N-dealkylation sites (N-methyl/N-ethyl adjacent to an activating group) is 1. The van der Waals surface area contributed by atoms with E-state index in [1.54, 1.807) is 23.1 Å². The number of nitrogens with zero attached hydrogens (tertiary/aromatic N) is 7. The number of piperazine rings is 1. The minimum absolute atomic E-state index is 0.00528. The van der Waals surface area contributed by atoms with Gasteiger partial charge in [0.1, 0.15) is 17.3 Å². The Morgan fingerprint density at radius 1 is 1.00 bits per heavy atom. The number of aromatic nitrogens is 2. The van der Waals surface area contributed by atoms with E-state index in [-0.39, 0.29) is 22.6 Å². The summed E-state index contributed by atoms with van der Waals surface area (Å²) in [5.41, 5.74) is 7.89. The summed E-state index contributed by atoms with van der Waals surface area (Å²) < 4.78 is 0. The van der Waals surface area contributed by atoms with Crippen molar-refractivity contribution in [1.29, 1.82) is 0 Å². The Hall–Kier alpha value is -3.39. The number of nitrogens with one attached hydrogen (secondary N) is 1. The lowest BCUT2D eigenvalue weighted by atomic mass is 10.1. The van der Waals surface area contributed by atoms with E-state index in [0.29, 0.717) is 59.0 Å². The number of benzene rings is 1. The Balaban J connectivity index is 1.44. The molecule has 43 heavy (non-hydrogen) atoms. The summed E-state index contributed by atoms with van der Waals surface area (Å²) in [5, 5.41) is 22.7. The smallest absolute Gasteiger partial charge is 0.241 e. The van der Waals surface area contributed by atoms with Gasteiger partial charge in [0.2, 0.25) is 5.91 Å². The number of likely N-dealkylation sites (tertiary alicyclic amines) is 1. The number of pyridine rings is 2. The Kier molecular flexibility index (Phi) is 10.1. The minimum atomic E-state index is -0.0538. The van der Waals surface area contributed by atoms with E-state index in [1.165, 1.54) is 18.9 Å². The molecule has 4 heterocycles. The molecule has 2 aliphatic rings. The minimum Gasteiger partial charge on any atom is -0.382 e. The zero-order chi connectivity index (χ0) is 30.5. The van der Waals surface area contributed by atoms with Gasteiger partial charge in [0.15, 0.2) is 5.82 Å². The van der Waals surface area contributed by atoms with Crippen molar-refractivity contribution >= 4 is 57.9 Å². The monoisotopic (exact) mass is 629 g/mol. The average molecular weight is 631 g/mol. The first-order valence-corrected chi connectivity index (χ1v) is 15.1. The van der Waals surface area contributed by atoms with Gasteiger partial charge in [0.05, 0.1) is 22.9 Å². The van der Waals surface area contributed by atoms with E-state index in [2.05, 4.69) is 20.1 Å². The number of carbonyl (C=O) groups is 1.